The number of hydrogen-bond acceptors (Lipinski definition) is 4. The van der Waals surface area contributed by atoms with Gasteiger partial charge in [-0.3, -0.25) is 0 Å². The van der Waals surface area contributed by atoms with Crippen LogP contribution in [0.25, 0.3) is 44.9 Å². The Kier molecular flexibility index (Phi) is 7.70. The number of benzene rings is 7. The Balaban J connectivity index is 1.07. The van der Waals surface area contributed by atoms with Gasteiger partial charge in [0.1, 0.15) is 0 Å². The fraction of sp³-hybridized carbons (Fsp3) is 0.0851. The lowest BCUT2D eigenvalue weighted by Gasteiger charge is -2.28. The molecule has 0 radical (unpaired) electrons. The van der Waals surface area contributed by atoms with Gasteiger partial charge in [0.25, 0.3) is 0 Å². The van der Waals surface area contributed by atoms with Crippen LogP contribution in [-0.4, -0.2) is 15.0 Å². The molecule has 0 saturated carbocycles. The second-order valence-electron chi connectivity index (χ2n) is 13.5. The van der Waals surface area contributed by atoms with Gasteiger partial charge in [-0.1, -0.05) is 126 Å². The Morgan fingerprint density at radius 3 is 1.41 bits per heavy atom. The van der Waals surface area contributed by atoms with Crippen LogP contribution < -0.4 is 4.90 Å². The molecule has 1 aromatic heterocycles. The molecule has 4 heteroatoms. The summed E-state index contributed by atoms with van der Waals surface area (Å²) in [6, 6.07) is 56.2. The standard InChI is InChI=1S/C47H36N4/c1-31-13-20-42(21-14-31)51(43-22-15-32(2)16-23-43)44-24-19-36-26-39-28-38-27-37(18-17-35(38)25-40(39)29-41(36)30-44)47-49-45(33-9-5-3-6-10-33)48-46(50-47)34-11-7-4-8-12-34/h3-25,27-28,30H,26,29H2,1-2H3. The SMILES string of the molecule is Cc1ccc(N(c2ccc(C)cc2)c2ccc3c(c2)Cc2cc4ccc(-c5nc(-c6ccccc6)nc(-c6ccccc6)n5)cc4cc2C3)cc1. The predicted octanol–water partition coefficient (Wildman–Crippen LogP) is 11.6. The van der Waals surface area contributed by atoms with Crippen LogP contribution in [0.1, 0.15) is 33.4 Å². The fourth-order valence-electron chi connectivity index (χ4n) is 7.13. The topological polar surface area (TPSA) is 41.9 Å². The van der Waals surface area contributed by atoms with Crippen molar-refractivity contribution in [3.8, 4) is 34.2 Å². The summed E-state index contributed by atoms with van der Waals surface area (Å²) in [7, 11) is 0. The molecule has 1 aliphatic rings. The molecular weight excluding hydrogens is 621 g/mol. The summed E-state index contributed by atoms with van der Waals surface area (Å²) < 4.78 is 0. The van der Waals surface area contributed by atoms with Crippen LogP contribution in [0.2, 0.25) is 0 Å². The Hall–Kier alpha value is -6.39. The van der Waals surface area contributed by atoms with Gasteiger partial charge in [0.2, 0.25) is 0 Å². The number of nitrogens with zero attached hydrogens (tertiary/aromatic N) is 4. The normalized spacial score (nSPS) is 12.0. The molecule has 0 saturated heterocycles. The van der Waals surface area contributed by atoms with E-state index in [1.54, 1.807) is 0 Å². The maximum absolute atomic E-state index is 4.97. The summed E-state index contributed by atoms with van der Waals surface area (Å²) in [5.74, 6) is 2.01. The second-order valence-corrected chi connectivity index (χ2v) is 13.5. The van der Waals surface area contributed by atoms with Gasteiger partial charge < -0.3 is 4.90 Å². The molecular formula is C47H36N4. The van der Waals surface area contributed by atoms with E-state index in [1.165, 1.54) is 49.8 Å². The lowest BCUT2D eigenvalue weighted by molar-refractivity contribution is 1.00. The zero-order valence-corrected chi connectivity index (χ0v) is 28.7. The highest BCUT2D eigenvalue weighted by molar-refractivity contribution is 5.89. The van der Waals surface area contributed by atoms with Crippen molar-refractivity contribution in [3.63, 3.8) is 0 Å². The average molecular weight is 657 g/mol. The summed E-state index contributed by atoms with van der Waals surface area (Å²) >= 11 is 0. The maximum atomic E-state index is 4.97. The second kappa shape index (κ2) is 12.8. The monoisotopic (exact) mass is 656 g/mol. The van der Waals surface area contributed by atoms with Crippen molar-refractivity contribution in [1.29, 1.82) is 0 Å². The predicted molar refractivity (Wildman–Crippen MR) is 210 cm³/mol. The summed E-state index contributed by atoms with van der Waals surface area (Å²) in [6.07, 6.45) is 1.81. The Morgan fingerprint density at radius 1 is 0.373 bits per heavy atom. The van der Waals surface area contributed by atoms with Gasteiger partial charge >= 0.3 is 0 Å². The highest BCUT2D eigenvalue weighted by Crippen LogP contribution is 2.39. The molecule has 0 fully saturated rings. The number of rotatable bonds is 6. The van der Waals surface area contributed by atoms with Gasteiger partial charge in [-0.2, -0.15) is 0 Å². The largest absolute Gasteiger partial charge is 0.310 e. The molecule has 0 amide bonds. The molecule has 0 N–H and O–H groups in total. The molecule has 9 rings (SSSR count). The lowest BCUT2D eigenvalue weighted by Crippen LogP contribution is -2.13. The third kappa shape index (κ3) is 6.06. The average Bonchev–Trinajstić information content (AvgIpc) is 3.18. The van der Waals surface area contributed by atoms with Crippen molar-refractivity contribution in [2.75, 3.05) is 4.90 Å². The third-order valence-electron chi connectivity index (χ3n) is 9.91. The summed E-state index contributed by atoms with van der Waals surface area (Å²) in [5, 5.41) is 2.41. The molecule has 51 heavy (non-hydrogen) atoms. The van der Waals surface area contributed by atoms with E-state index >= 15 is 0 Å². The van der Waals surface area contributed by atoms with Gasteiger partial charge in [-0.25, -0.2) is 15.0 Å². The van der Waals surface area contributed by atoms with Gasteiger partial charge in [0, 0.05) is 33.8 Å². The van der Waals surface area contributed by atoms with Gasteiger partial charge in [0.15, 0.2) is 17.5 Å². The van der Waals surface area contributed by atoms with Crippen LogP contribution in [0.3, 0.4) is 0 Å². The first-order valence-electron chi connectivity index (χ1n) is 17.5. The lowest BCUT2D eigenvalue weighted by atomic mass is 9.84. The van der Waals surface area contributed by atoms with E-state index < -0.39 is 0 Å². The maximum Gasteiger partial charge on any atom is 0.164 e. The van der Waals surface area contributed by atoms with E-state index in [0.717, 1.165) is 40.9 Å². The van der Waals surface area contributed by atoms with E-state index in [9.17, 15) is 0 Å². The van der Waals surface area contributed by atoms with Crippen molar-refractivity contribution >= 4 is 27.8 Å². The number of anilines is 3. The number of fused-ring (bicyclic) bond motifs is 3. The smallest absolute Gasteiger partial charge is 0.164 e. The summed E-state index contributed by atoms with van der Waals surface area (Å²) in [6.45, 7) is 4.27. The van der Waals surface area contributed by atoms with Crippen LogP contribution in [0.5, 0.6) is 0 Å². The minimum Gasteiger partial charge on any atom is -0.310 e. The van der Waals surface area contributed by atoms with E-state index in [-0.39, 0.29) is 0 Å². The van der Waals surface area contributed by atoms with Gasteiger partial charge in [0.05, 0.1) is 0 Å². The van der Waals surface area contributed by atoms with E-state index in [1.807, 2.05) is 60.7 Å². The van der Waals surface area contributed by atoms with Crippen molar-refractivity contribution in [3.05, 3.63) is 191 Å². The van der Waals surface area contributed by atoms with E-state index in [2.05, 4.69) is 116 Å². The molecule has 0 atom stereocenters. The molecule has 244 valence electrons. The first-order valence-corrected chi connectivity index (χ1v) is 17.5. The quantitative estimate of drug-likeness (QED) is 0.179. The first-order chi connectivity index (χ1) is 25.0. The molecule has 0 bridgehead atoms. The molecule has 0 spiro atoms. The van der Waals surface area contributed by atoms with Crippen molar-refractivity contribution in [2.24, 2.45) is 0 Å². The van der Waals surface area contributed by atoms with Crippen LogP contribution in [0.15, 0.2) is 158 Å². The summed E-state index contributed by atoms with van der Waals surface area (Å²) in [5.41, 5.74) is 14.4. The Labute approximate surface area is 298 Å². The van der Waals surface area contributed by atoms with Gasteiger partial charge in [-0.15, -0.1) is 0 Å². The van der Waals surface area contributed by atoms with Crippen LogP contribution in [0, 0.1) is 13.8 Å². The molecule has 0 aliphatic heterocycles. The minimum absolute atomic E-state index is 0.671. The van der Waals surface area contributed by atoms with Crippen molar-refractivity contribution in [1.82, 2.24) is 15.0 Å². The molecule has 8 aromatic rings. The zero-order valence-electron chi connectivity index (χ0n) is 28.7. The fourth-order valence-corrected chi connectivity index (χ4v) is 7.13. The summed E-state index contributed by atoms with van der Waals surface area (Å²) in [4.78, 5) is 17.2. The minimum atomic E-state index is 0.671. The van der Waals surface area contributed by atoms with Gasteiger partial charge in [-0.05, 0) is 102 Å². The van der Waals surface area contributed by atoms with E-state index in [0.29, 0.717) is 17.5 Å². The number of hydrogen-bond donors (Lipinski definition) is 0. The highest BCUT2D eigenvalue weighted by atomic mass is 15.1. The molecule has 1 aliphatic carbocycles. The van der Waals surface area contributed by atoms with Crippen LogP contribution in [-0.2, 0) is 12.8 Å². The highest BCUT2D eigenvalue weighted by Gasteiger charge is 2.20. The number of aryl methyl sites for hydroxylation is 2. The van der Waals surface area contributed by atoms with E-state index in [4.69, 9.17) is 15.0 Å². The number of aromatic nitrogens is 3. The first kappa shape index (κ1) is 30.7. The molecule has 0 unspecified atom stereocenters. The van der Waals surface area contributed by atoms with Crippen LogP contribution >= 0.6 is 0 Å². The third-order valence-corrected chi connectivity index (χ3v) is 9.91. The van der Waals surface area contributed by atoms with Crippen molar-refractivity contribution in [2.45, 2.75) is 26.7 Å². The zero-order chi connectivity index (χ0) is 34.3. The molecule has 1 heterocycles. The van der Waals surface area contributed by atoms with Crippen molar-refractivity contribution < 1.29 is 0 Å². The molecule has 7 aromatic carbocycles. The van der Waals surface area contributed by atoms with Crippen LogP contribution in [0.4, 0.5) is 17.1 Å². The Morgan fingerprint density at radius 2 is 0.843 bits per heavy atom. The molecule has 4 nitrogen and oxygen atoms in total. The Bertz CT molecular complexity index is 2420.